The summed E-state index contributed by atoms with van der Waals surface area (Å²) in [6, 6.07) is 0. The third kappa shape index (κ3) is 5.79. The van der Waals surface area contributed by atoms with E-state index >= 15 is 0 Å². The van der Waals surface area contributed by atoms with Crippen molar-refractivity contribution in [1.82, 2.24) is 5.32 Å². The standard InChI is InChI=1S/C16H29NO5S/c1-11(2)15(16(20)17-10-12(3)9-14(18)19)23(21,22)13-7-5-4-6-8-13/h11-13,15H,4-10H2,1-3H3,(H,17,20)(H,18,19). The van der Waals surface area contributed by atoms with Crippen LogP contribution in [-0.2, 0) is 19.4 Å². The van der Waals surface area contributed by atoms with Crippen molar-refractivity contribution in [2.24, 2.45) is 11.8 Å². The highest BCUT2D eigenvalue weighted by Gasteiger charge is 2.41. The number of carboxylic acids is 1. The average Bonchev–Trinajstić information content (AvgIpc) is 2.44. The topological polar surface area (TPSA) is 101 Å². The summed E-state index contributed by atoms with van der Waals surface area (Å²) in [5.41, 5.74) is 0. The van der Waals surface area contributed by atoms with E-state index in [4.69, 9.17) is 5.11 Å². The first-order valence-corrected chi connectivity index (χ1v) is 9.99. The molecule has 23 heavy (non-hydrogen) atoms. The normalized spacial score (nSPS) is 19.3. The third-order valence-corrected chi connectivity index (χ3v) is 7.25. The molecule has 2 unspecified atom stereocenters. The van der Waals surface area contributed by atoms with Crippen LogP contribution in [0, 0.1) is 11.8 Å². The van der Waals surface area contributed by atoms with Gasteiger partial charge in [0, 0.05) is 13.0 Å². The summed E-state index contributed by atoms with van der Waals surface area (Å²) in [7, 11) is -3.52. The van der Waals surface area contributed by atoms with Gasteiger partial charge in [-0.2, -0.15) is 0 Å². The van der Waals surface area contributed by atoms with Crippen molar-refractivity contribution in [3.8, 4) is 0 Å². The molecule has 0 aromatic carbocycles. The average molecular weight is 347 g/mol. The van der Waals surface area contributed by atoms with Gasteiger partial charge in [0.1, 0.15) is 5.25 Å². The molecule has 0 aromatic rings. The van der Waals surface area contributed by atoms with Crippen LogP contribution in [0.3, 0.4) is 0 Å². The lowest BCUT2D eigenvalue weighted by Gasteiger charge is -2.28. The summed E-state index contributed by atoms with van der Waals surface area (Å²) in [5, 5.41) is 9.89. The van der Waals surface area contributed by atoms with Gasteiger partial charge in [-0.3, -0.25) is 9.59 Å². The first-order valence-electron chi connectivity index (χ1n) is 8.38. The molecule has 1 aliphatic rings. The molecule has 0 spiro atoms. The molecule has 2 N–H and O–H groups in total. The summed E-state index contributed by atoms with van der Waals surface area (Å²) in [4.78, 5) is 23.1. The van der Waals surface area contributed by atoms with Gasteiger partial charge < -0.3 is 10.4 Å². The molecule has 0 heterocycles. The third-order valence-electron chi connectivity index (χ3n) is 4.38. The van der Waals surface area contributed by atoms with Crippen LogP contribution in [0.4, 0.5) is 0 Å². The minimum atomic E-state index is -3.52. The smallest absolute Gasteiger partial charge is 0.303 e. The lowest BCUT2D eigenvalue weighted by molar-refractivity contribution is -0.138. The van der Waals surface area contributed by atoms with Crippen molar-refractivity contribution < 1.29 is 23.1 Å². The molecule has 134 valence electrons. The van der Waals surface area contributed by atoms with E-state index in [1.54, 1.807) is 20.8 Å². The number of rotatable bonds is 8. The number of carbonyl (C=O) groups is 2. The molecule has 1 saturated carbocycles. The van der Waals surface area contributed by atoms with Crippen molar-refractivity contribution in [2.45, 2.75) is 69.8 Å². The minimum Gasteiger partial charge on any atom is -0.481 e. The predicted molar refractivity (Wildman–Crippen MR) is 88.8 cm³/mol. The SMILES string of the molecule is CC(CNC(=O)C(C(C)C)S(=O)(=O)C1CCCCC1)CC(=O)O. The number of carboxylic acid groups (broad SMARTS) is 1. The number of sulfone groups is 1. The molecule has 1 fully saturated rings. The molecule has 1 amide bonds. The molecule has 0 bridgehead atoms. The van der Waals surface area contributed by atoms with Crippen molar-refractivity contribution >= 4 is 21.7 Å². The molecule has 0 aliphatic heterocycles. The fourth-order valence-corrected chi connectivity index (χ4v) is 5.72. The fraction of sp³-hybridized carbons (Fsp3) is 0.875. The summed E-state index contributed by atoms with van der Waals surface area (Å²) in [5.74, 6) is -1.97. The fourth-order valence-electron chi connectivity index (χ4n) is 3.18. The Balaban J connectivity index is 2.76. The summed E-state index contributed by atoms with van der Waals surface area (Å²) >= 11 is 0. The van der Waals surface area contributed by atoms with Crippen LogP contribution in [0.1, 0.15) is 59.3 Å². The number of carbonyl (C=O) groups excluding carboxylic acids is 1. The highest BCUT2D eigenvalue weighted by Crippen LogP contribution is 2.29. The Morgan fingerprint density at radius 2 is 1.70 bits per heavy atom. The highest BCUT2D eigenvalue weighted by molar-refractivity contribution is 7.93. The Morgan fingerprint density at radius 3 is 2.17 bits per heavy atom. The molecule has 0 aromatic heterocycles. The lowest BCUT2D eigenvalue weighted by atomic mass is 10.0. The van der Waals surface area contributed by atoms with Gasteiger partial charge >= 0.3 is 5.97 Å². The maximum atomic E-state index is 12.8. The van der Waals surface area contributed by atoms with E-state index in [1.807, 2.05) is 0 Å². The number of nitrogens with one attached hydrogen (secondary N) is 1. The number of aliphatic carboxylic acids is 1. The molecule has 7 heteroatoms. The van der Waals surface area contributed by atoms with Gasteiger partial charge in [-0.25, -0.2) is 8.42 Å². The van der Waals surface area contributed by atoms with Gasteiger partial charge in [0.25, 0.3) is 0 Å². The van der Waals surface area contributed by atoms with Crippen molar-refractivity contribution in [1.29, 1.82) is 0 Å². The molecule has 0 saturated heterocycles. The Labute approximate surface area is 139 Å². The zero-order valence-corrected chi connectivity index (χ0v) is 15.1. The van der Waals surface area contributed by atoms with E-state index in [9.17, 15) is 18.0 Å². The maximum absolute atomic E-state index is 12.8. The maximum Gasteiger partial charge on any atom is 0.303 e. The van der Waals surface area contributed by atoms with Gasteiger partial charge in [-0.1, -0.05) is 40.0 Å². The Morgan fingerprint density at radius 1 is 1.13 bits per heavy atom. The zero-order valence-electron chi connectivity index (χ0n) is 14.2. The first-order chi connectivity index (χ1) is 10.7. The van der Waals surface area contributed by atoms with E-state index in [0.29, 0.717) is 12.8 Å². The second-order valence-corrected chi connectivity index (χ2v) is 9.31. The van der Waals surface area contributed by atoms with Crippen LogP contribution in [0.5, 0.6) is 0 Å². The van der Waals surface area contributed by atoms with E-state index < -0.39 is 32.2 Å². The number of amides is 1. The van der Waals surface area contributed by atoms with Crippen molar-refractivity contribution in [3.63, 3.8) is 0 Å². The van der Waals surface area contributed by atoms with Crippen molar-refractivity contribution in [2.75, 3.05) is 6.54 Å². The second kappa shape index (κ2) is 8.66. The molecule has 1 rings (SSSR count). The quantitative estimate of drug-likeness (QED) is 0.699. The second-order valence-electron chi connectivity index (χ2n) is 6.96. The van der Waals surface area contributed by atoms with Crippen molar-refractivity contribution in [3.05, 3.63) is 0 Å². The monoisotopic (exact) mass is 347 g/mol. The van der Waals surface area contributed by atoms with E-state index in [-0.39, 0.29) is 24.8 Å². The van der Waals surface area contributed by atoms with Gasteiger partial charge in [-0.05, 0) is 24.7 Å². The molecule has 2 atom stereocenters. The molecule has 0 radical (unpaired) electrons. The largest absolute Gasteiger partial charge is 0.481 e. The van der Waals surface area contributed by atoms with Gasteiger partial charge in [-0.15, -0.1) is 0 Å². The van der Waals surface area contributed by atoms with Crippen LogP contribution >= 0.6 is 0 Å². The van der Waals surface area contributed by atoms with Crippen LogP contribution in [0.2, 0.25) is 0 Å². The number of hydrogen-bond acceptors (Lipinski definition) is 4. The Hall–Kier alpha value is -1.11. The van der Waals surface area contributed by atoms with Gasteiger partial charge in [0.2, 0.25) is 5.91 Å². The molecular formula is C16H29NO5S. The molecular weight excluding hydrogens is 318 g/mol. The lowest BCUT2D eigenvalue weighted by Crippen LogP contribution is -2.48. The summed E-state index contributed by atoms with van der Waals surface area (Å²) in [6.07, 6.45) is 4.06. The number of hydrogen-bond donors (Lipinski definition) is 2. The van der Waals surface area contributed by atoms with Gasteiger partial charge in [0.15, 0.2) is 9.84 Å². The van der Waals surface area contributed by atoms with E-state index in [2.05, 4.69) is 5.32 Å². The van der Waals surface area contributed by atoms with Crippen LogP contribution < -0.4 is 5.32 Å². The summed E-state index contributed by atoms with van der Waals surface area (Å²) < 4.78 is 25.7. The molecule has 1 aliphatic carbocycles. The minimum absolute atomic E-state index is 0.0536. The zero-order chi connectivity index (χ0) is 17.6. The van der Waals surface area contributed by atoms with E-state index in [1.165, 1.54) is 0 Å². The van der Waals surface area contributed by atoms with E-state index in [0.717, 1.165) is 19.3 Å². The Kier molecular flexibility index (Phi) is 7.51. The Bertz CT molecular complexity index is 509. The van der Waals surface area contributed by atoms with Crippen LogP contribution in [0.15, 0.2) is 0 Å². The van der Waals surface area contributed by atoms with Crippen LogP contribution in [-0.4, -0.2) is 42.4 Å². The van der Waals surface area contributed by atoms with Crippen LogP contribution in [0.25, 0.3) is 0 Å². The first kappa shape index (κ1) is 19.9. The highest BCUT2D eigenvalue weighted by atomic mass is 32.2. The predicted octanol–water partition coefficient (Wildman–Crippen LogP) is 1.99. The summed E-state index contributed by atoms with van der Waals surface area (Å²) in [6.45, 7) is 5.37. The van der Waals surface area contributed by atoms with Gasteiger partial charge in [0.05, 0.1) is 5.25 Å². The molecule has 6 nitrogen and oxygen atoms in total.